The lowest BCUT2D eigenvalue weighted by Crippen LogP contribution is -2.27. The number of nitrogens with zero attached hydrogens (tertiary/aromatic N) is 2. The highest BCUT2D eigenvalue weighted by molar-refractivity contribution is 7.91. The normalized spacial score (nSPS) is 13.3. The van der Waals surface area contributed by atoms with Gasteiger partial charge < -0.3 is 5.11 Å². The summed E-state index contributed by atoms with van der Waals surface area (Å²) in [5, 5.41) is 9.53. The van der Waals surface area contributed by atoms with E-state index in [2.05, 4.69) is 14.7 Å². The maximum absolute atomic E-state index is 12.2. The Balaban J connectivity index is 2.27. The van der Waals surface area contributed by atoms with Crippen molar-refractivity contribution in [3.05, 3.63) is 27.3 Å². The van der Waals surface area contributed by atoms with E-state index in [1.807, 2.05) is 6.92 Å². The molecule has 2 aromatic heterocycles. The zero-order chi connectivity index (χ0) is 14.9. The molecule has 0 aliphatic carbocycles. The van der Waals surface area contributed by atoms with Crippen LogP contribution in [0.2, 0.25) is 0 Å². The first kappa shape index (κ1) is 15.0. The summed E-state index contributed by atoms with van der Waals surface area (Å²) < 4.78 is 26.5. The molecule has 0 saturated heterocycles. The molecule has 10 heteroatoms. The molecule has 0 aliphatic rings. The van der Waals surface area contributed by atoms with Crippen LogP contribution in [0.5, 0.6) is 0 Å². The van der Waals surface area contributed by atoms with Gasteiger partial charge in [0.15, 0.2) is 9.90 Å². The van der Waals surface area contributed by atoms with Crippen LogP contribution in [0.25, 0.3) is 0 Å². The van der Waals surface area contributed by atoms with E-state index in [4.69, 9.17) is 5.11 Å². The van der Waals surface area contributed by atoms with Gasteiger partial charge in [0.1, 0.15) is 5.01 Å². The highest BCUT2D eigenvalue weighted by Crippen LogP contribution is 2.24. The average Bonchev–Trinajstić information content (AvgIpc) is 2.96. The predicted molar refractivity (Wildman–Crippen MR) is 74.7 cm³/mol. The highest BCUT2D eigenvalue weighted by atomic mass is 32.2. The molecule has 0 aromatic carbocycles. The molecule has 2 aromatic rings. The minimum atomic E-state index is -3.94. The van der Waals surface area contributed by atoms with Gasteiger partial charge in [-0.1, -0.05) is 0 Å². The van der Waals surface area contributed by atoms with Crippen LogP contribution in [0, 0.1) is 6.92 Å². The van der Waals surface area contributed by atoms with Crippen molar-refractivity contribution in [1.82, 2.24) is 14.7 Å². The van der Waals surface area contributed by atoms with Crippen LogP contribution in [0.1, 0.15) is 33.3 Å². The molecule has 1 atom stereocenters. The number of hydrogen-bond donors (Lipinski definition) is 2. The Morgan fingerprint density at radius 1 is 1.45 bits per heavy atom. The Kier molecular flexibility index (Phi) is 4.18. The number of nitrogens with one attached hydrogen (secondary N) is 1. The van der Waals surface area contributed by atoms with Crippen LogP contribution in [-0.2, 0) is 10.0 Å². The number of carbonyl (C=O) groups is 1. The number of carboxylic acids is 1. The lowest BCUT2D eigenvalue weighted by Gasteiger charge is -2.10. The van der Waals surface area contributed by atoms with Gasteiger partial charge in [-0.3, -0.25) is 0 Å². The maximum Gasteiger partial charge on any atom is 0.356 e. The summed E-state index contributed by atoms with van der Waals surface area (Å²) in [6.07, 6.45) is 1.65. The molecule has 108 valence electrons. The molecule has 20 heavy (non-hydrogen) atoms. The zero-order valence-corrected chi connectivity index (χ0v) is 13.0. The van der Waals surface area contributed by atoms with Crippen molar-refractivity contribution in [2.45, 2.75) is 24.1 Å². The fourth-order valence-corrected chi connectivity index (χ4v) is 4.69. The maximum atomic E-state index is 12.2. The van der Waals surface area contributed by atoms with Crippen molar-refractivity contribution < 1.29 is 18.3 Å². The van der Waals surface area contributed by atoms with Crippen LogP contribution in [0.15, 0.2) is 15.9 Å². The van der Waals surface area contributed by atoms with Gasteiger partial charge in [0.2, 0.25) is 0 Å². The first-order valence-corrected chi connectivity index (χ1v) is 8.60. The van der Waals surface area contributed by atoms with E-state index in [0.717, 1.165) is 16.2 Å². The number of rotatable bonds is 5. The quantitative estimate of drug-likeness (QED) is 0.861. The molecule has 0 spiro atoms. The SMILES string of the molecule is Cc1cnc(C(C)NS(=O)(=O)c2scnc2C(=O)O)s1. The second kappa shape index (κ2) is 5.56. The van der Waals surface area contributed by atoms with E-state index in [9.17, 15) is 13.2 Å². The van der Waals surface area contributed by atoms with Gasteiger partial charge in [0.25, 0.3) is 10.0 Å². The van der Waals surface area contributed by atoms with Gasteiger partial charge in [-0.2, -0.15) is 0 Å². The third-order valence-electron chi connectivity index (χ3n) is 2.32. The molecular weight excluding hydrogens is 322 g/mol. The fraction of sp³-hybridized carbons (Fsp3) is 0.300. The highest BCUT2D eigenvalue weighted by Gasteiger charge is 2.28. The number of carboxylic acid groups (broad SMARTS) is 1. The van der Waals surface area contributed by atoms with Crippen LogP contribution in [0.4, 0.5) is 0 Å². The number of aromatic carboxylic acids is 1. The van der Waals surface area contributed by atoms with E-state index in [-0.39, 0.29) is 4.21 Å². The molecule has 1 unspecified atom stereocenters. The van der Waals surface area contributed by atoms with Crippen molar-refractivity contribution in [3.8, 4) is 0 Å². The Bertz CT molecular complexity index is 735. The summed E-state index contributed by atoms with van der Waals surface area (Å²) in [4.78, 5) is 19.6. The fourth-order valence-electron chi connectivity index (χ4n) is 1.48. The van der Waals surface area contributed by atoms with Gasteiger partial charge in [0, 0.05) is 11.1 Å². The lowest BCUT2D eigenvalue weighted by molar-refractivity contribution is 0.0687. The van der Waals surface area contributed by atoms with Crippen molar-refractivity contribution in [1.29, 1.82) is 0 Å². The monoisotopic (exact) mass is 333 g/mol. The van der Waals surface area contributed by atoms with E-state index in [1.165, 1.54) is 16.8 Å². The van der Waals surface area contributed by atoms with Crippen LogP contribution in [-0.4, -0.2) is 29.5 Å². The summed E-state index contributed by atoms with van der Waals surface area (Å²) in [6.45, 7) is 3.52. The van der Waals surface area contributed by atoms with Crippen molar-refractivity contribution in [3.63, 3.8) is 0 Å². The van der Waals surface area contributed by atoms with Gasteiger partial charge in [-0.05, 0) is 13.8 Å². The first-order chi connectivity index (χ1) is 9.31. The standard InChI is InChI=1S/C10H11N3O4S3/c1-5-3-11-8(19-5)6(2)13-20(16,17)10-7(9(14)15)12-4-18-10/h3-4,6,13H,1-2H3,(H,14,15). The molecule has 0 bridgehead atoms. The van der Waals surface area contributed by atoms with Crippen LogP contribution >= 0.6 is 22.7 Å². The van der Waals surface area contributed by atoms with Gasteiger partial charge >= 0.3 is 5.97 Å². The second-order valence-electron chi connectivity index (χ2n) is 3.95. The van der Waals surface area contributed by atoms with E-state index < -0.39 is 27.7 Å². The van der Waals surface area contributed by atoms with Gasteiger partial charge in [-0.25, -0.2) is 27.9 Å². The Morgan fingerprint density at radius 2 is 2.15 bits per heavy atom. The first-order valence-electron chi connectivity index (χ1n) is 5.42. The van der Waals surface area contributed by atoms with Crippen molar-refractivity contribution >= 4 is 38.7 Å². The molecular formula is C10H11N3O4S3. The molecule has 2 heterocycles. The average molecular weight is 333 g/mol. The summed E-state index contributed by atoms with van der Waals surface area (Å²) in [5.41, 5.74) is 0.723. The van der Waals surface area contributed by atoms with Crippen molar-refractivity contribution in [2.75, 3.05) is 0 Å². The summed E-state index contributed by atoms with van der Waals surface area (Å²) in [6, 6.07) is -0.539. The van der Waals surface area contributed by atoms with Crippen molar-refractivity contribution in [2.24, 2.45) is 0 Å². The molecule has 2 rings (SSSR count). The Morgan fingerprint density at radius 3 is 2.70 bits per heavy atom. The summed E-state index contributed by atoms with van der Waals surface area (Å²) >= 11 is 2.15. The van der Waals surface area contributed by atoms with Gasteiger partial charge in [-0.15, -0.1) is 22.7 Å². The molecule has 0 saturated carbocycles. The third-order valence-corrected chi connectivity index (χ3v) is 6.33. The largest absolute Gasteiger partial charge is 0.476 e. The topological polar surface area (TPSA) is 109 Å². The minimum absolute atomic E-state index is 0.301. The Hall–Kier alpha value is -1.36. The lowest BCUT2D eigenvalue weighted by atomic mass is 10.4. The third kappa shape index (κ3) is 3.03. The summed E-state index contributed by atoms with van der Waals surface area (Å²) in [7, 11) is -3.94. The van der Waals surface area contributed by atoms with Gasteiger partial charge in [0.05, 0.1) is 11.6 Å². The number of aromatic nitrogens is 2. The molecule has 0 fully saturated rings. The molecule has 0 radical (unpaired) electrons. The minimum Gasteiger partial charge on any atom is -0.476 e. The predicted octanol–water partition coefficient (Wildman–Crippen LogP) is 1.65. The molecule has 0 aliphatic heterocycles. The van der Waals surface area contributed by atoms with E-state index in [1.54, 1.807) is 13.1 Å². The number of aryl methyl sites for hydroxylation is 1. The number of sulfonamides is 1. The Labute approximate surface area is 123 Å². The summed E-state index contributed by atoms with van der Waals surface area (Å²) in [5.74, 6) is -1.37. The smallest absolute Gasteiger partial charge is 0.356 e. The molecule has 7 nitrogen and oxygen atoms in total. The number of thiazole rings is 2. The van der Waals surface area contributed by atoms with E-state index in [0.29, 0.717) is 5.01 Å². The van der Waals surface area contributed by atoms with Crippen LogP contribution in [0.3, 0.4) is 0 Å². The second-order valence-corrected chi connectivity index (χ2v) is 7.98. The number of hydrogen-bond acceptors (Lipinski definition) is 7. The van der Waals surface area contributed by atoms with E-state index >= 15 is 0 Å². The molecule has 0 amide bonds. The zero-order valence-electron chi connectivity index (χ0n) is 10.5. The molecule has 2 N–H and O–H groups in total. The van der Waals surface area contributed by atoms with Crippen LogP contribution < -0.4 is 4.72 Å².